The van der Waals surface area contributed by atoms with Gasteiger partial charge in [0.1, 0.15) is 30.4 Å². The van der Waals surface area contributed by atoms with Crippen molar-refractivity contribution < 1.29 is 34.4 Å². The van der Waals surface area contributed by atoms with E-state index in [1.807, 2.05) is 0 Å². The number of hydrogen-bond acceptors (Lipinski definition) is 8. The number of carbonyl (C=O) groups excluding carboxylic acids is 2. The topological polar surface area (TPSA) is 149 Å². The molecule has 1 heterocycles. The van der Waals surface area contributed by atoms with Gasteiger partial charge in [-0.05, 0) is 7.05 Å². The molecule has 0 aromatic rings. The van der Waals surface area contributed by atoms with Crippen molar-refractivity contribution in [2.45, 2.75) is 43.6 Å². The van der Waals surface area contributed by atoms with Crippen LogP contribution in [0.1, 0.15) is 6.92 Å². The fraction of sp³-hybridized carbons (Fsp3) is 0.846. The Kier molecular flexibility index (Phi) is 7.82. The molecule has 1 saturated heterocycles. The van der Waals surface area contributed by atoms with Gasteiger partial charge in [-0.25, -0.2) is 0 Å². The third-order valence-electron chi connectivity index (χ3n) is 3.59. The minimum absolute atomic E-state index is 0.0993. The zero-order valence-corrected chi connectivity index (χ0v) is 13.4. The molecular weight excluding hydrogens is 310 g/mol. The minimum atomic E-state index is -1.39. The predicted octanol–water partition coefficient (Wildman–Crippen LogP) is -3.72. The van der Waals surface area contributed by atoms with Gasteiger partial charge in [0.15, 0.2) is 6.29 Å². The molecule has 6 N–H and O–H groups in total. The number of nitrogens with one attached hydrogen (secondary N) is 3. The highest BCUT2D eigenvalue weighted by atomic mass is 16.7. The van der Waals surface area contributed by atoms with Gasteiger partial charge in [0.2, 0.25) is 11.8 Å². The van der Waals surface area contributed by atoms with Gasteiger partial charge in [0, 0.05) is 14.0 Å². The number of hydrogen-bond donors (Lipinski definition) is 6. The average molecular weight is 335 g/mol. The summed E-state index contributed by atoms with van der Waals surface area (Å²) in [5, 5.41) is 36.8. The summed E-state index contributed by atoms with van der Waals surface area (Å²) in [5.74, 6) is -0.754. The number of likely N-dealkylation sites (N-methyl/N-ethyl adjacent to an activating group) is 2. The first-order valence-electron chi connectivity index (χ1n) is 7.25. The normalized spacial score (nSPS) is 32.2. The highest BCUT2D eigenvalue weighted by molar-refractivity contribution is 5.81. The molecule has 6 atom stereocenters. The highest BCUT2D eigenvalue weighted by Crippen LogP contribution is 2.22. The second-order valence-electron chi connectivity index (χ2n) is 5.22. The first kappa shape index (κ1) is 19.7. The second kappa shape index (κ2) is 9.11. The fourth-order valence-corrected chi connectivity index (χ4v) is 2.27. The molecule has 10 heteroatoms. The van der Waals surface area contributed by atoms with E-state index < -0.39 is 49.2 Å². The van der Waals surface area contributed by atoms with Gasteiger partial charge < -0.3 is 40.7 Å². The largest absolute Gasteiger partial charge is 0.394 e. The number of rotatable bonds is 7. The second-order valence-corrected chi connectivity index (χ2v) is 5.22. The van der Waals surface area contributed by atoms with E-state index in [4.69, 9.17) is 9.47 Å². The molecule has 2 unspecified atom stereocenters. The molecule has 1 fully saturated rings. The number of aliphatic hydroxyl groups is 3. The standard InChI is InChI=1S/C13H25N3O7/c1-6(18)16-9-11(20)10(19)8(4-17)23-13(9)22-5-7(14-2)12(21)15-3/h7-11,13-14,17,19-20H,4-5H2,1-3H3,(H,15,21)(H,16,18)/t7-,8?,9?,10-,11+,13-/m0/s1. The summed E-state index contributed by atoms with van der Waals surface area (Å²) in [6, 6.07) is -1.70. The van der Waals surface area contributed by atoms with Gasteiger partial charge in [0.25, 0.3) is 0 Å². The summed E-state index contributed by atoms with van der Waals surface area (Å²) in [5.41, 5.74) is 0. The van der Waals surface area contributed by atoms with Crippen LogP contribution in [0.2, 0.25) is 0 Å². The first-order valence-corrected chi connectivity index (χ1v) is 7.25. The quantitative estimate of drug-likeness (QED) is 0.278. The molecule has 0 spiro atoms. The van der Waals surface area contributed by atoms with Crippen molar-refractivity contribution >= 4 is 11.8 Å². The average Bonchev–Trinajstić information content (AvgIpc) is 2.53. The van der Waals surface area contributed by atoms with Crippen LogP contribution >= 0.6 is 0 Å². The van der Waals surface area contributed by atoms with Crippen LogP contribution in [0.5, 0.6) is 0 Å². The molecule has 0 aromatic carbocycles. The third-order valence-corrected chi connectivity index (χ3v) is 3.59. The lowest BCUT2D eigenvalue weighted by atomic mass is 9.97. The van der Waals surface area contributed by atoms with Crippen molar-refractivity contribution in [3.05, 3.63) is 0 Å². The van der Waals surface area contributed by atoms with Gasteiger partial charge in [-0.15, -0.1) is 0 Å². The maximum absolute atomic E-state index is 11.6. The van der Waals surface area contributed by atoms with Crippen LogP contribution < -0.4 is 16.0 Å². The number of carbonyl (C=O) groups is 2. The molecular formula is C13H25N3O7. The third kappa shape index (κ3) is 5.09. The van der Waals surface area contributed by atoms with Gasteiger partial charge in [0.05, 0.1) is 13.2 Å². The van der Waals surface area contributed by atoms with Gasteiger partial charge in [-0.3, -0.25) is 9.59 Å². The summed E-state index contributed by atoms with van der Waals surface area (Å²) in [4.78, 5) is 22.9. The Morgan fingerprint density at radius 1 is 1.26 bits per heavy atom. The lowest BCUT2D eigenvalue weighted by Gasteiger charge is -2.42. The predicted molar refractivity (Wildman–Crippen MR) is 78.2 cm³/mol. The van der Waals surface area contributed by atoms with Crippen LogP contribution in [0, 0.1) is 0 Å². The molecule has 0 aromatic heterocycles. The molecule has 10 nitrogen and oxygen atoms in total. The lowest BCUT2D eigenvalue weighted by Crippen LogP contribution is -2.65. The maximum Gasteiger partial charge on any atom is 0.239 e. The SMILES string of the molecule is CNC(=O)[C@H](CO[C@H]1OC(CO)[C@H](O)[C@H](O)C1NC(C)=O)NC. The Bertz CT molecular complexity index is 409. The highest BCUT2D eigenvalue weighted by Gasteiger charge is 2.45. The molecule has 0 bridgehead atoms. The van der Waals surface area contributed by atoms with Gasteiger partial charge in [-0.1, -0.05) is 0 Å². The van der Waals surface area contributed by atoms with Crippen LogP contribution in [-0.2, 0) is 19.1 Å². The van der Waals surface area contributed by atoms with E-state index in [-0.39, 0.29) is 12.5 Å². The lowest BCUT2D eigenvalue weighted by molar-refractivity contribution is -0.270. The van der Waals surface area contributed by atoms with Crippen molar-refractivity contribution in [2.75, 3.05) is 27.3 Å². The summed E-state index contributed by atoms with van der Waals surface area (Å²) < 4.78 is 10.9. The van der Waals surface area contributed by atoms with Gasteiger partial charge >= 0.3 is 0 Å². The summed E-state index contributed by atoms with van der Waals surface area (Å²) in [6.07, 6.45) is -4.96. The Morgan fingerprint density at radius 3 is 2.39 bits per heavy atom. The summed E-state index contributed by atoms with van der Waals surface area (Å²) in [7, 11) is 3.05. The maximum atomic E-state index is 11.6. The van der Waals surface area contributed by atoms with Crippen LogP contribution in [0.4, 0.5) is 0 Å². The van der Waals surface area contributed by atoms with E-state index in [9.17, 15) is 24.9 Å². The van der Waals surface area contributed by atoms with Crippen molar-refractivity contribution in [2.24, 2.45) is 0 Å². The van der Waals surface area contributed by atoms with E-state index >= 15 is 0 Å². The Labute approximate surface area is 134 Å². The molecule has 1 aliphatic heterocycles. The van der Waals surface area contributed by atoms with E-state index in [0.717, 1.165) is 0 Å². The summed E-state index contributed by atoms with van der Waals surface area (Å²) >= 11 is 0. The monoisotopic (exact) mass is 335 g/mol. The fourth-order valence-electron chi connectivity index (χ4n) is 2.27. The molecule has 0 aliphatic carbocycles. The van der Waals surface area contributed by atoms with E-state index in [0.29, 0.717) is 0 Å². The molecule has 0 radical (unpaired) electrons. The molecule has 2 amide bonds. The zero-order chi connectivity index (χ0) is 17.6. The van der Waals surface area contributed by atoms with E-state index in [2.05, 4.69) is 16.0 Å². The molecule has 1 rings (SSSR count). The van der Waals surface area contributed by atoms with Crippen molar-refractivity contribution in [3.63, 3.8) is 0 Å². The molecule has 1 aliphatic rings. The van der Waals surface area contributed by atoms with Gasteiger partial charge in [-0.2, -0.15) is 0 Å². The Hall–Kier alpha value is -1.30. The Balaban J connectivity index is 2.80. The van der Waals surface area contributed by atoms with Crippen LogP contribution in [0.15, 0.2) is 0 Å². The number of ether oxygens (including phenoxy) is 2. The van der Waals surface area contributed by atoms with Crippen LogP contribution in [-0.4, -0.2) is 91.1 Å². The van der Waals surface area contributed by atoms with Crippen LogP contribution in [0.3, 0.4) is 0 Å². The van der Waals surface area contributed by atoms with E-state index in [1.54, 1.807) is 7.05 Å². The van der Waals surface area contributed by atoms with Crippen molar-refractivity contribution in [3.8, 4) is 0 Å². The van der Waals surface area contributed by atoms with Crippen LogP contribution in [0.25, 0.3) is 0 Å². The Morgan fingerprint density at radius 2 is 1.91 bits per heavy atom. The minimum Gasteiger partial charge on any atom is -0.394 e. The van der Waals surface area contributed by atoms with Crippen molar-refractivity contribution in [1.82, 2.24) is 16.0 Å². The number of aliphatic hydroxyl groups excluding tert-OH is 3. The van der Waals surface area contributed by atoms with Crippen molar-refractivity contribution in [1.29, 1.82) is 0 Å². The van der Waals surface area contributed by atoms with E-state index in [1.165, 1.54) is 14.0 Å². The summed E-state index contributed by atoms with van der Waals surface area (Å²) in [6.45, 7) is 0.614. The smallest absolute Gasteiger partial charge is 0.239 e. The molecule has 0 saturated carbocycles. The number of amides is 2. The molecule has 23 heavy (non-hydrogen) atoms. The zero-order valence-electron chi connectivity index (χ0n) is 13.4. The molecule has 134 valence electrons. The first-order chi connectivity index (χ1) is 10.8.